The second kappa shape index (κ2) is 115. The van der Waals surface area contributed by atoms with Crippen molar-refractivity contribution in [1.29, 1.82) is 0 Å². The van der Waals surface area contributed by atoms with Gasteiger partial charge in [-0.05, 0) is 355 Å². The first-order valence-electron chi connectivity index (χ1n) is 58.7. The van der Waals surface area contributed by atoms with Crippen molar-refractivity contribution >= 4 is 11.8 Å². The molecule has 0 saturated heterocycles. The lowest BCUT2D eigenvalue weighted by Crippen LogP contribution is -2.48. The zero-order valence-corrected chi connectivity index (χ0v) is 90.2. The van der Waals surface area contributed by atoms with Crippen molar-refractivity contribution in [2.24, 2.45) is 46.2 Å². The Balaban J connectivity index is 0. The highest BCUT2D eigenvalue weighted by atomic mass is 16.2. The molecule has 18 heteroatoms. The standard InChI is InChI=1S/C69H144N12O2.C46H94N4/c1-5-7-9-11-13-15-17-19-21-23-25-27-29-31-33-37-56-80(62-64(3)60-78-68(82)66(76-54-36-35-46-70)44-39-50-74-52-41-47-71)58-59-81(57-38-34-32-30-28-26-24-22-20-18-16-14-12-10-8-6-2)63-65(4)61-79-69(83)67(77-55-43-49-73)45-40-51-75-53-42-48-72;1-3-5-7-9-11-13-15-17-19-21-23-25-27-29-31-33-41-49(45-37-39-47)43-35-36-44-50(46-38-40-48)42-34-32-30-28-26-24-22-20-18-16-14-12-10-8-6-4-2/h19-22,64-67,74-77H,5-18,23-63,70-73H2,1-4H3,(H,78,82)(H,79,83);17-20H,3-16,21-48H2,1-2H3/b21-19-,22-20-;19-17-,20-18-. The summed E-state index contributed by atoms with van der Waals surface area (Å²) in [6.07, 6.45) is 108. The molecule has 0 aliphatic rings. The van der Waals surface area contributed by atoms with Gasteiger partial charge < -0.3 is 85.9 Å². The second-order valence-electron chi connectivity index (χ2n) is 40.4. The van der Waals surface area contributed by atoms with Crippen molar-refractivity contribution in [1.82, 2.24) is 51.5 Å². The smallest absolute Gasteiger partial charge is 0.237 e. The van der Waals surface area contributed by atoms with E-state index in [0.29, 0.717) is 51.1 Å². The number of amides is 2. The van der Waals surface area contributed by atoms with Gasteiger partial charge in [0.15, 0.2) is 0 Å². The topological polar surface area (TPSA) is 275 Å². The first kappa shape index (κ1) is 132. The minimum atomic E-state index is -0.221. The van der Waals surface area contributed by atoms with Gasteiger partial charge in [0.1, 0.15) is 0 Å². The summed E-state index contributed by atoms with van der Waals surface area (Å²) in [5.41, 5.74) is 34.8. The van der Waals surface area contributed by atoms with Crippen LogP contribution in [0.15, 0.2) is 48.6 Å². The number of nitrogens with two attached hydrogens (primary N) is 6. The summed E-state index contributed by atoms with van der Waals surface area (Å²) < 4.78 is 0. The molecule has 790 valence electrons. The molecule has 0 aliphatic heterocycles. The fraction of sp³-hybridized carbons (Fsp3) is 0.913. The van der Waals surface area contributed by atoms with Crippen LogP contribution in [-0.2, 0) is 9.59 Å². The highest BCUT2D eigenvalue weighted by Crippen LogP contribution is 2.19. The first-order chi connectivity index (χ1) is 65.5. The van der Waals surface area contributed by atoms with Gasteiger partial charge in [-0.3, -0.25) is 9.59 Å². The Morgan fingerprint density at radius 2 is 0.436 bits per heavy atom. The van der Waals surface area contributed by atoms with Gasteiger partial charge >= 0.3 is 0 Å². The van der Waals surface area contributed by atoms with Crippen molar-refractivity contribution < 1.29 is 9.59 Å². The Labute approximate surface area is 829 Å². The third kappa shape index (κ3) is 104. The summed E-state index contributed by atoms with van der Waals surface area (Å²) in [6, 6.07) is -0.426. The van der Waals surface area contributed by atoms with E-state index in [1.165, 1.54) is 412 Å². The van der Waals surface area contributed by atoms with Crippen molar-refractivity contribution in [3.05, 3.63) is 48.6 Å². The summed E-state index contributed by atoms with van der Waals surface area (Å²) in [5.74, 6) is 0.841. The molecule has 0 radical (unpaired) electrons. The summed E-state index contributed by atoms with van der Waals surface area (Å²) in [4.78, 5) is 38.3. The quantitative estimate of drug-likeness (QED) is 0.0199. The molecule has 0 aromatic heterocycles. The maximum atomic E-state index is 13.8. The Morgan fingerprint density at radius 3 is 0.699 bits per heavy atom. The Bertz CT molecular complexity index is 2300. The van der Waals surface area contributed by atoms with Crippen LogP contribution in [0.25, 0.3) is 0 Å². The van der Waals surface area contributed by atoms with Gasteiger partial charge in [0.25, 0.3) is 0 Å². The number of unbranched alkanes of at least 4 members (excludes halogenated alkanes) is 50. The molecular formula is C115H238N16O2. The van der Waals surface area contributed by atoms with E-state index in [9.17, 15) is 9.59 Å². The molecule has 0 heterocycles. The zero-order valence-electron chi connectivity index (χ0n) is 90.2. The fourth-order valence-electron chi connectivity index (χ4n) is 18.1. The van der Waals surface area contributed by atoms with E-state index < -0.39 is 0 Å². The Kier molecular flexibility index (Phi) is 114. The van der Waals surface area contributed by atoms with Gasteiger partial charge in [0.2, 0.25) is 11.8 Å². The van der Waals surface area contributed by atoms with E-state index >= 15 is 0 Å². The van der Waals surface area contributed by atoms with Crippen LogP contribution in [0, 0.1) is 11.8 Å². The number of nitrogens with one attached hydrogen (secondary N) is 6. The maximum absolute atomic E-state index is 13.8. The van der Waals surface area contributed by atoms with Crippen LogP contribution in [0.3, 0.4) is 0 Å². The molecule has 133 heavy (non-hydrogen) atoms. The van der Waals surface area contributed by atoms with Gasteiger partial charge in [-0.15, -0.1) is 0 Å². The number of rotatable bonds is 111. The van der Waals surface area contributed by atoms with E-state index in [2.05, 4.69) is 142 Å². The summed E-state index contributed by atoms with van der Waals surface area (Å²) in [5, 5.41) is 20.8. The van der Waals surface area contributed by atoms with E-state index in [4.69, 9.17) is 34.4 Å². The third-order valence-corrected chi connectivity index (χ3v) is 26.9. The molecule has 0 aliphatic carbocycles. The minimum Gasteiger partial charge on any atom is -0.354 e. The number of allylic oxidation sites excluding steroid dienone is 8. The predicted octanol–water partition coefficient (Wildman–Crippen LogP) is 24.8. The van der Waals surface area contributed by atoms with Crippen molar-refractivity contribution in [3.63, 3.8) is 0 Å². The van der Waals surface area contributed by atoms with Crippen LogP contribution >= 0.6 is 0 Å². The molecule has 0 aromatic rings. The van der Waals surface area contributed by atoms with Crippen LogP contribution in [-0.4, -0.2) is 214 Å². The van der Waals surface area contributed by atoms with E-state index in [-0.39, 0.29) is 23.9 Å². The lowest BCUT2D eigenvalue weighted by molar-refractivity contribution is -0.124. The highest BCUT2D eigenvalue weighted by Gasteiger charge is 2.23. The molecule has 2 amide bonds. The summed E-state index contributed by atoms with van der Waals surface area (Å²) in [7, 11) is 0. The van der Waals surface area contributed by atoms with Gasteiger partial charge in [0.05, 0.1) is 12.1 Å². The molecule has 0 rings (SSSR count). The normalized spacial score (nSPS) is 13.0. The fourth-order valence-corrected chi connectivity index (χ4v) is 18.1. The number of carbonyl (C=O) groups excluding carboxylic acids is 2. The molecule has 18 nitrogen and oxygen atoms in total. The minimum absolute atomic E-state index is 0.0996. The zero-order chi connectivity index (χ0) is 96.8. The number of carbonyl (C=O) groups is 2. The van der Waals surface area contributed by atoms with Crippen molar-refractivity contribution in [3.8, 4) is 0 Å². The molecule has 0 spiro atoms. The van der Waals surface area contributed by atoms with Crippen molar-refractivity contribution in [2.45, 2.75) is 497 Å². The summed E-state index contributed by atoms with van der Waals surface area (Å²) >= 11 is 0. The molecule has 4 atom stereocenters. The van der Waals surface area contributed by atoms with Crippen molar-refractivity contribution in [2.75, 3.05) is 170 Å². The molecule has 4 unspecified atom stereocenters. The van der Waals surface area contributed by atoms with E-state index in [1.54, 1.807) is 0 Å². The third-order valence-electron chi connectivity index (χ3n) is 26.9. The predicted molar refractivity (Wildman–Crippen MR) is 592 cm³/mol. The molecule has 0 aromatic carbocycles. The van der Waals surface area contributed by atoms with Gasteiger partial charge in [-0.25, -0.2) is 0 Å². The molecule has 18 N–H and O–H groups in total. The van der Waals surface area contributed by atoms with Gasteiger partial charge in [-0.2, -0.15) is 0 Å². The van der Waals surface area contributed by atoms with Crippen LogP contribution in [0.2, 0.25) is 0 Å². The second-order valence-corrected chi connectivity index (χ2v) is 40.4. The number of hydrogen-bond acceptors (Lipinski definition) is 16. The van der Waals surface area contributed by atoms with Crippen LogP contribution in [0.1, 0.15) is 485 Å². The molecule has 0 saturated carbocycles. The van der Waals surface area contributed by atoms with Gasteiger partial charge in [0, 0.05) is 39.3 Å². The molecule has 0 fully saturated rings. The molecule has 0 bridgehead atoms. The monoisotopic (exact) mass is 1880 g/mol. The summed E-state index contributed by atoms with van der Waals surface area (Å²) in [6.45, 7) is 38.0. The van der Waals surface area contributed by atoms with E-state index in [0.717, 1.165) is 162 Å². The molecular weight excluding hydrogens is 1640 g/mol. The average Bonchev–Trinajstić information content (AvgIpc) is 0.915. The SMILES string of the molecule is CCCCCCCC/C=C\CCCCCCCCN(CCCN)CCCCN(CCCN)CCCCCCCC/C=C\CCCCCCCC.CCCCCCCC/C=C\CCCCCCCCN(CCN(CCCCCCCC/C=C\CCCCCCCC)CC(C)CNC(=O)C(CCCNCCCN)NCCCCN)CC(C)CNC(=O)C(CCCNCCCN)NCCCN. The number of hydrogen-bond donors (Lipinski definition) is 12. The Hall–Kier alpha value is -2.66. The van der Waals surface area contributed by atoms with Crippen LogP contribution in [0.4, 0.5) is 0 Å². The lowest BCUT2D eigenvalue weighted by atomic mass is 10.1. The highest BCUT2D eigenvalue weighted by molar-refractivity contribution is 5.82. The van der Waals surface area contributed by atoms with Gasteiger partial charge in [-0.1, -0.05) is 321 Å². The van der Waals surface area contributed by atoms with Crippen LogP contribution in [0.5, 0.6) is 0 Å². The first-order valence-corrected chi connectivity index (χ1v) is 58.7. The largest absolute Gasteiger partial charge is 0.354 e. The number of nitrogens with zero attached hydrogens (tertiary/aromatic N) is 4. The lowest BCUT2D eigenvalue weighted by Gasteiger charge is -2.31. The maximum Gasteiger partial charge on any atom is 0.237 e. The van der Waals surface area contributed by atoms with E-state index in [1.807, 2.05) is 0 Å². The Morgan fingerprint density at radius 1 is 0.226 bits per heavy atom. The average molecular weight is 1880 g/mol. The van der Waals surface area contributed by atoms with Crippen LogP contribution < -0.4 is 66.3 Å².